The van der Waals surface area contributed by atoms with Crippen molar-refractivity contribution in [1.29, 1.82) is 0 Å². The number of aliphatic imine (C=N–C) groups is 1. The molecule has 1 aromatic heterocycles. The first-order valence-electron chi connectivity index (χ1n) is 10.6. The number of hydrogen-bond donors (Lipinski definition) is 2. The van der Waals surface area contributed by atoms with Crippen molar-refractivity contribution in [3.05, 3.63) is 64.5 Å². The number of rotatable bonds is 9. The number of benzene rings is 1. The predicted octanol–water partition coefficient (Wildman–Crippen LogP) is 3.97. The first-order chi connectivity index (χ1) is 14.6. The van der Waals surface area contributed by atoms with Crippen LogP contribution in [-0.4, -0.2) is 42.4 Å². The Bertz CT molecular complexity index is 928. The molecule has 2 aromatic rings. The topological polar surface area (TPSA) is 90.0 Å². The number of aromatic nitrogens is 1. The van der Waals surface area contributed by atoms with E-state index < -0.39 is 6.10 Å². The average Bonchev–Trinajstić information content (AvgIpc) is 2.69. The molecule has 1 heterocycles. The van der Waals surface area contributed by atoms with Gasteiger partial charge in [0.05, 0.1) is 12.8 Å². The number of ether oxygens (including phenoxy) is 2. The van der Waals surface area contributed by atoms with Crippen molar-refractivity contribution < 1.29 is 14.6 Å². The fourth-order valence-electron chi connectivity index (χ4n) is 3.39. The average molecular weight is 426 g/mol. The molecule has 0 bridgehead atoms. The molecule has 1 aromatic carbocycles. The summed E-state index contributed by atoms with van der Waals surface area (Å²) in [5, 5.41) is 9.67. The maximum absolute atomic E-state index is 9.67. The molecule has 0 spiro atoms. The van der Waals surface area contributed by atoms with E-state index >= 15 is 0 Å². The monoisotopic (exact) mass is 425 g/mol. The summed E-state index contributed by atoms with van der Waals surface area (Å²) in [6, 6.07) is 7.94. The Morgan fingerprint density at radius 1 is 1.13 bits per heavy atom. The van der Waals surface area contributed by atoms with Gasteiger partial charge in [-0.05, 0) is 68.5 Å². The van der Waals surface area contributed by atoms with Crippen LogP contribution in [0.1, 0.15) is 47.5 Å². The summed E-state index contributed by atoms with van der Waals surface area (Å²) in [6.07, 6.45) is 0.206. The summed E-state index contributed by atoms with van der Waals surface area (Å²) in [6.45, 7) is 14.7. The number of aryl methyl sites for hydroxylation is 3. The van der Waals surface area contributed by atoms with Crippen LogP contribution in [0.4, 0.5) is 0 Å². The highest BCUT2D eigenvalue weighted by molar-refractivity contribution is 5.97. The molecule has 6 nitrogen and oxygen atoms in total. The number of pyridine rings is 1. The van der Waals surface area contributed by atoms with Crippen molar-refractivity contribution in [2.24, 2.45) is 16.6 Å². The standard InChI is InChI=1S/C25H35N3O3/c1-15(2)8-22-12-21(11-18(5)27-22)25(30-7)28-19(6)20-9-16(3)24(17(4)10-20)31-14-23(29)13-26/h9-12,15,23,29H,6,8,13-14,26H2,1-5,7H3. The van der Waals surface area contributed by atoms with Gasteiger partial charge in [-0.3, -0.25) is 4.98 Å². The van der Waals surface area contributed by atoms with Crippen LogP contribution >= 0.6 is 0 Å². The second-order valence-corrected chi connectivity index (χ2v) is 8.29. The molecule has 1 unspecified atom stereocenters. The molecule has 168 valence electrons. The zero-order valence-electron chi connectivity index (χ0n) is 19.5. The van der Waals surface area contributed by atoms with Crippen molar-refractivity contribution in [3.8, 4) is 5.75 Å². The lowest BCUT2D eigenvalue weighted by atomic mass is 10.0. The highest BCUT2D eigenvalue weighted by Crippen LogP contribution is 2.28. The van der Waals surface area contributed by atoms with Crippen molar-refractivity contribution in [3.63, 3.8) is 0 Å². The fourth-order valence-corrected chi connectivity index (χ4v) is 3.39. The minimum absolute atomic E-state index is 0.157. The van der Waals surface area contributed by atoms with E-state index in [9.17, 15) is 5.11 Å². The number of nitrogens with zero attached hydrogens (tertiary/aromatic N) is 2. The Balaban J connectivity index is 2.32. The Morgan fingerprint density at radius 2 is 1.77 bits per heavy atom. The molecule has 0 saturated carbocycles. The Hall–Kier alpha value is -2.70. The highest BCUT2D eigenvalue weighted by atomic mass is 16.5. The van der Waals surface area contributed by atoms with E-state index in [0.717, 1.165) is 45.8 Å². The lowest BCUT2D eigenvalue weighted by Gasteiger charge is -2.16. The van der Waals surface area contributed by atoms with E-state index in [2.05, 4.69) is 30.4 Å². The largest absolute Gasteiger partial charge is 0.490 e. The van der Waals surface area contributed by atoms with Crippen LogP contribution in [0.2, 0.25) is 0 Å². The minimum Gasteiger partial charge on any atom is -0.490 e. The molecule has 0 saturated heterocycles. The molecule has 0 aliphatic heterocycles. The summed E-state index contributed by atoms with van der Waals surface area (Å²) in [7, 11) is 1.61. The van der Waals surface area contributed by atoms with Gasteiger partial charge in [0, 0.05) is 29.1 Å². The minimum atomic E-state index is -0.688. The third-order valence-corrected chi connectivity index (χ3v) is 4.79. The van der Waals surface area contributed by atoms with Gasteiger partial charge in [0.15, 0.2) is 0 Å². The SMILES string of the molecule is C=C(N=C(OC)c1cc(C)nc(CC(C)C)c1)c1cc(C)c(OCC(O)CN)c(C)c1. The third-order valence-electron chi connectivity index (χ3n) is 4.79. The van der Waals surface area contributed by atoms with Gasteiger partial charge in [0.25, 0.3) is 0 Å². The van der Waals surface area contributed by atoms with Crippen LogP contribution in [0, 0.1) is 26.7 Å². The zero-order valence-corrected chi connectivity index (χ0v) is 19.5. The lowest BCUT2D eigenvalue weighted by molar-refractivity contribution is 0.113. The summed E-state index contributed by atoms with van der Waals surface area (Å²) < 4.78 is 11.4. The second-order valence-electron chi connectivity index (χ2n) is 8.29. The van der Waals surface area contributed by atoms with Gasteiger partial charge in [0.2, 0.25) is 5.90 Å². The maximum atomic E-state index is 9.67. The molecular formula is C25H35N3O3. The zero-order chi connectivity index (χ0) is 23.1. The van der Waals surface area contributed by atoms with Gasteiger partial charge in [-0.15, -0.1) is 0 Å². The molecule has 2 rings (SSSR count). The highest BCUT2D eigenvalue weighted by Gasteiger charge is 2.13. The summed E-state index contributed by atoms with van der Waals surface area (Å²) >= 11 is 0. The molecule has 31 heavy (non-hydrogen) atoms. The van der Waals surface area contributed by atoms with Gasteiger partial charge in [-0.2, -0.15) is 0 Å². The second kappa shape index (κ2) is 11.1. The normalized spacial score (nSPS) is 12.7. The van der Waals surface area contributed by atoms with Gasteiger partial charge >= 0.3 is 0 Å². The van der Waals surface area contributed by atoms with Crippen LogP contribution < -0.4 is 10.5 Å². The van der Waals surface area contributed by atoms with Crippen molar-refractivity contribution in [1.82, 2.24) is 4.98 Å². The molecule has 0 amide bonds. The van der Waals surface area contributed by atoms with Crippen LogP contribution in [-0.2, 0) is 11.2 Å². The first-order valence-corrected chi connectivity index (χ1v) is 10.6. The third kappa shape index (κ3) is 6.91. The quantitative estimate of drug-likeness (QED) is 0.469. The number of hydrogen-bond acceptors (Lipinski definition) is 6. The summed E-state index contributed by atoms with van der Waals surface area (Å²) in [4.78, 5) is 9.30. The fraction of sp³-hybridized carbons (Fsp3) is 0.440. The molecule has 0 radical (unpaired) electrons. The van der Waals surface area contributed by atoms with Crippen molar-refractivity contribution in [2.45, 2.75) is 47.1 Å². The van der Waals surface area contributed by atoms with E-state index in [1.807, 2.05) is 45.0 Å². The van der Waals surface area contributed by atoms with Crippen LogP contribution in [0.3, 0.4) is 0 Å². The Kier molecular flexibility index (Phi) is 8.77. The summed E-state index contributed by atoms with van der Waals surface area (Å²) in [5.41, 5.74) is 11.6. The first kappa shape index (κ1) is 24.6. The predicted molar refractivity (Wildman–Crippen MR) is 127 cm³/mol. The molecule has 0 aliphatic carbocycles. The number of aliphatic hydroxyl groups excluding tert-OH is 1. The van der Waals surface area contributed by atoms with Crippen LogP contribution in [0.15, 0.2) is 35.8 Å². The lowest BCUT2D eigenvalue weighted by Crippen LogP contribution is -2.26. The molecule has 1 atom stereocenters. The molecular weight excluding hydrogens is 390 g/mol. The smallest absolute Gasteiger partial charge is 0.221 e. The molecule has 0 aliphatic rings. The Morgan fingerprint density at radius 3 is 2.32 bits per heavy atom. The van der Waals surface area contributed by atoms with Crippen molar-refractivity contribution in [2.75, 3.05) is 20.3 Å². The number of methoxy groups -OCH3 is 1. The molecule has 0 fully saturated rings. The van der Waals surface area contributed by atoms with Crippen LogP contribution in [0.5, 0.6) is 5.75 Å². The van der Waals surface area contributed by atoms with E-state index in [-0.39, 0.29) is 13.2 Å². The van der Waals surface area contributed by atoms with Gasteiger partial charge in [0.1, 0.15) is 18.5 Å². The molecule has 3 N–H and O–H groups in total. The van der Waals surface area contributed by atoms with Gasteiger partial charge < -0.3 is 20.3 Å². The van der Waals surface area contributed by atoms with E-state index in [0.29, 0.717) is 17.5 Å². The number of aliphatic hydroxyl groups is 1. The summed E-state index contributed by atoms with van der Waals surface area (Å²) in [5.74, 6) is 1.75. The van der Waals surface area contributed by atoms with E-state index in [4.69, 9.17) is 15.2 Å². The van der Waals surface area contributed by atoms with Gasteiger partial charge in [-0.1, -0.05) is 20.4 Å². The van der Waals surface area contributed by atoms with Gasteiger partial charge in [-0.25, -0.2) is 4.99 Å². The number of nitrogens with two attached hydrogens (primary N) is 1. The molecule has 6 heteroatoms. The Labute approximate surface area is 185 Å². The van der Waals surface area contributed by atoms with Crippen molar-refractivity contribution >= 4 is 11.6 Å². The van der Waals surface area contributed by atoms with E-state index in [1.165, 1.54) is 0 Å². The van der Waals surface area contributed by atoms with Crippen LogP contribution in [0.25, 0.3) is 5.70 Å². The van der Waals surface area contributed by atoms with E-state index in [1.54, 1.807) is 7.11 Å². The maximum Gasteiger partial charge on any atom is 0.221 e.